The van der Waals surface area contributed by atoms with Gasteiger partial charge in [0, 0.05) is 11.9 Å². The first kappa shape index (κ1) is 13.1. The number of para-hydroxylation sites is 1. The van der Waals surface area contributed by atoms with Crippen LogP contribution in [0.5, 0.6) is 0 Å². The standard InChI is InChI=1S/C14H18N2OS/c1-3-16-14-8-6-5-7-12(14)13(15-16)9-11(17)10-18-4-2/h5-8H,3-4,9-10H2,1-2H3. The molecule has 1 heterocycles. The van der Waals surface area contributed by atoms with E-state index >= 15 is 0 Å². The summed E-state index contributed by atoms with van der Waals surface area (Å²) in [6.07, 6.45) is 0.445. The number of rotatable bonds is 6. The van der Waals surface area contributed by atoms with E-state index in [0.717, 1.165) is 28.9 Å². The summed E-state index contributed by atoms with van der Waals surface area (Å²) < 4.78 is 1.96. The Morgan fingerprint density at radius 2 is 2.11 bits per heavy atom. The third kappa shape index (κ3) is 2.75. The van der Waals surface area contributed by atoms with Crippen molar-refractivity contribution in [2.45, 2.75) is 26.8 Å². The fourth-order valence-corrected chi connectivity index (χ4v) is 2.56. The molecule has 0 spiro atoms. The average Bonchev–Trinajstić information content (AvgIpc) is 2.75. The topological polar surface area (TPSA) is 34.9 Å². The largest absolute Gasteiger partial charge is 0.298 e. The zero-order valence-electron chi connectivity index (χ0n) is 10.8. The molecule has 0 saturated heterocycles. The van der Waals surface area contributed by atoms with Crippen LogP contribution in [0.25, 0.3) is 10.9 Å². The molecule has 2 aromatic rings. The lowest BCUT2D eigenvalue weighted by Gasteiger charge is -1.97. The summed E-state index contributed by atoms with van der Waals surface area (Å²) in [5.74, 6) is 1.83. The zero-order valence-corrected chi connectivity index (χ0v) is 11.7. The van der Waals surface area contributed by atoms with Crippen LogP contribution in [0.3, 0.4) is 0 Å². The van der Waals surface area contributed by atoms with Crippen molar-refractivity contribution in [3.8, 4) is 0 Å². The molecule has 0 amide bonds. The molecule has 2 rings (SSSR count). The molecule has 0 unspecified atom stereocenters. The maximum atomic E-state index is 11.8. The number of thioether (sulfide) groups is 1. The first-order chi connectivity index (χ1) is 8.76. The van der Waals surface area contributed by atoms with Crippen molar-refractivity contribution >= 4 is 28.4 Å². The molecular formula is C14H18N2OS. The summed E-state index contributed by atoms with van der Waals surface area (Å²) in [7, 11) is 0. The van der Waals surface area contributed by atoms with Gasteiger partial charge in [0.15, 0.2) is 0 Å². The van der Waals surface area contributed by atoms with Crippen molar-refractivity contribution in [2.24, 2.45) is 0 Å². The van der Waals surface area contributed by atoms with E-state index in [9.17, 15) is 4.79 Å². The van der Waals surface area contributed by atoms with Crippen LogP contribution in [-0.4, -0.2) is 27.1 Å². The van der Waals surface area contributed by atoms with Gasteiger partial charge in [-0.3, -0.25) is 9.48 Å². The fourth-order valence-electron chi connectivity index (χ4n) is 2.02. The number of Topliss-reactive ketones (excluding diaryl/α,β-unsaturated/α-hetero) is 1. The molecule has 4 heteroatoms. The van der Waals surface area contributed by atoms with Crippen LogP contribution in [0.4, 0.5) is 0 Å². The highest BCUT2D eigenvalue weighted by Crippen LogP contribution is 2.19. The first-order valence-electron chi connectivity index (χ1n) is 6.30. The second-order valence-electron chi connectivity index (χ2n) is 4.13. The third-order valence-electron chi connectivity index (χ3n) is 2.87. The van der Waals surface area contributed by atoms with Gasteiger partial charge in [0.2, 0.25) is 0 Å². The molecule has 96 valence electrons. The molecule has 1 aromatic heterocycles. The van der Waals surface area contributed by atoms with Gasteiger partial charge in [0.05, 0.1) is 23.4 Å². The summed E-state index contributed by atoms with van der Waals surface area (Å²) in [5, 5.41) is 5.65. The number of carbonyl (C=O) groups excluding carboxylic acids is 1. The SMILES string of the molecule is CCSCC(=O)Cc1nn(CC)c2ccccc12. The van der Waals surface area contributed by atoms with Gasteiger partial charge in [-0.05, 0) is 18.7 Å². The van der Waals surface area contributed by atoms with Crippen molar-refractivity contribution in [3.63, 3.8) is 0 Å². The summed E-state index contributed by atoms with van der Waals surface area (Å²) in [4.78, 5) is 11.8. The molecule has 0 saturated carbocycles. The molecule has 0 radical (unpaired) electrons. The molecular weight excluding hydrogens is 244 g/mol. The Bertz CT molecular complexity index is 548. The monoisotopic (exact) mass is 262 g/mol. The number of hydrogen-bond acceptors (Lipinski definition) is 3. The predicted octanol–water partition coefficient (Wildman–Crippen LogP) is 2.92. The van der Waals surface area contributed by atoms with Crippen LogP contribution in [0.2, 0.25) is 0 Å². The lowest BCUT2D eigenvalue weighted by molar-refractivity contribution is -0.116. The van der Waals surface area contributed by atoms with Crippen molar-refractivity contribution in [1.29, 1.82) is 0 Å². The molecule has 0 bridgehead atoms. The third-order valence-corrected chi connectivity index (χ3v) is 3.80. The van der Waals surface area contributed by atoms with E-state index in [1.54, 1.807) is 11.8 Å². The van der Waals surface area contributed by atoms with Crippen LogP contribution in [0.15, 0.2) is 24.3 Å². The number of fused-ring (bicyclic) bond motifs is 1. The maximum Gasteiger partial charge on any atom is 0.148 e. The zero-order chi connectivity index (χ0) is 13.0. The quantitative estimate of drug-likeness (QED) is 0.803. The second kappa shape index (κ2) is 6.05. The average molecular weight is 262 g/mol. The fraction of sp³-hybridized carbons (Fsp3) is 0.429. The molecule has 0 N–H and O–H groups in total. The summed E-state index contributed by atoms with van der Waals surface area (Å²) >= 11 is 1.67. The molecule has 0 aliphatic carbocycles. The van der Waals surface area contributed by atoms with Gasteiger partial charge in [-0.1, -0.05) is 25.1 Å². The molecule has 3 nitrogen and oxygen atoms in total. The van der Waals surface area contributed by atoms with E-state index < -0.39 is 0 Å². The molecule has 0 fully saturated rings. The van der Waals surface area contributed by atoms with E-state index in [1.807, 2.05) is 22.9 Å². The van der Waals surface area contributed by atoms with Crippen molar-refractivity contribution in [3.05, 3.63) is 30.0 Å². The highest BCUT2D eigenvalue weighted by atomic mass is 32.2. The van der Waals surface area contributed by atoms with Gasteiger partial charge in [0.25, 0.3) is 0 Å². The maximum absolute atomic E-state index is 11.8. The number of aromatic nitrogens is 2. The minimum Gasteiger partial charge on any atom is -0.298 e. The van der Waals surface area contributed by atoms with Gasteiger partial charge >= 0.3 is 0 Å². The summed E-state index contributed by atoms with van der Waals surface area (Å²) in [6, 6.07) is 8.11. The van der Waals surface area contributed by atoms with Gasteiger partial charge in [-0.2, -0.15) is 16.9 Å². The minimum atomic E-state index is 0.258. The number of benzene rings is 1. The highest BCUT2D eigenvalue weighted by molar-refractivity contribution is 7.99. The Hall–Kier alpha value is -1.29. The lowest BCUT2D eigenvalue weighted by Crippen LogP contribution is -2.07. The number of hydrogen-bond donors (Lipinski definition) is 0. The predicted molar refractivity (Wildman–Crippen MR) is 77.1 cm³/mol. The van der Waals surface area contributed by atoms with Gasteiger partial charge < -0.3 is 0 Å². The highest BCUT2D eigenvalue weighted by Gasteiger charge is 2.12. The van der Waals surface area contributed by atoms with Gasteiger partial charge in [-0.15, -0.1) is 0 Å². The van der Waals surface area contributed by atoms with Gasteiger partial charge in [0.1, 0.15) is 5.78 Å². The Kier molecular flexibility index (Phi) is 4.42. The summed E-state index contributed by atoms with van der Waals surface area (Å²) in [5.41, 5.74) is 2.03. The van der Waals surface area contributed by atoms with Crippen LogP contribution >= 0.6 is 11.8 Å². The van der Waals surface area contributed by atoms with E-state index in [2.05, 4.69) is 25.0 Å². The normalized spacial score (nSPS) is 11.0. The number of carbonyl (C=O) groups is 1. The Balaban J connectivity index is 2.25. The molecule has 18 heavy (non-hydrogen) atoms. The van der Waals surface area contributed by atoms with Crippen LogP contribution < -0.4 is 0 Å². The molecule has 0 aliphatic rings. The Labute approximate surface area is 112 Å². The van der Waals surface area contributed by atoms with Crippen LogP contribution in [0.1, 0.15) is 19.5 Å². The first-order valence-corrected chi connectivity index (χ1v) is 7.45. The summed E-state index contributed by atoms with van der Waals surface area (Å²) in [6.45, 7) is 4.97. The van der Waals surface area contributed by atoms with Crippen molar-refractivity contribution < 1.29 is 4.79 Å². The Morgan fingerprint density at radius 1 is 1.33 bits per heavy atom. The Morgan fingerprint density at radius 3 is 2.83 bits per heavy atom. The molecule has 0 atom stereocenters. The van der Waals surface area contributed by atoms with Crippen LogP contribution in [0, 0.1) is 0 Å². The van der Waals surface area contributed by atoms with E-state index in [1.165, 1.54) is 0 Å². The van der Waals surface area contributed by atoms with Crippen LogP contribution in [-0.2, 0) is 17.8 Å². The second-order valence-corrected chi connectivity index (χ2v) is 5.41. The van der Waals surface area contributed by atoms with Crippen molar-refractivity contribution in [1.82, 2.24) is 9.78 Å². The smallest absolute Gasteiger partial charge is 0.148 e. The molecule has 1 aromatic carbocycles. The number of nitrogens with zero attached hydrogens (tertiary/aromatic N) is 2. The number of ketones is 1. The van der Waals surface area contributed by atoms with Crippen molar-refractivity contribution in [2.75, 3.05) is 11.5 Å². The number of aryl methyl sites for hydroxylation is 1. The lowest BCUT2D eigenvalue weighted by atomic mass is 10.1. The van der Waals surface area contributed by atoms with E-state index in [4.69, 9.17) is 0 Å². The molecule has 0 aliphatic heterocycles. The minimum absolute atomic E-state index is 0.258. The van der Waals surface area contributed by atoms with Gasteiger partial charge in [-0.25, -0.2) is 0 Å². The van der Waals surface area contributed by atoms with E-state index in [0.29, 0.717) is 12.2 Å². The van der Waals surface area contributed by atoms with E-state index in [-0.39, 0.29) is 5.78 Å².